The first-order valence-corrected chi connectivity index (χ1v) is 19.2. The summed E-state index contributed by atoms with van der Waals surface area (Å²) < 4.78 is 25.4. The number of fused-ring (bicyclic) bond motifs is 1. The Labute approximate surface area is 324 Å². The number of nitrogens with zero attached hydrogens (tertiary/aromatic N) is 2. The highest BCUT2D eigenvalue weighted by molar-refractivity contribution is 5.84. The van der Waals surface area contributed by atoms with E-state index in [1.54, 1.807) is 13.3 Å². The highest BCUT2D eigenvalue weighted by atomic mass is 16.5. The van der Waals surface area contributed by atoms with E-state index in [4.69, 9.17) is 18.9 Å². The normalized spacial score (nSPS) is 17.7. The largest absolute Gasteiger partial charge is 0.497 e. The van der Waals surface area contributed by atoms with Crippen LogP contribution in [0.15, 0.2) is 146 Å². The van der Waals surface area contributed by atoms with Gasteiger partial charge in [0.25, 0.3) is 0 Å². The Morgan fingerprint density at radius 3 is 1.89 bits per heavy atom. The summed E-state index contributed by atoms with van der Waals surface area (Å²) in [5.74, 6) is 3.16. The van der Waals surface area contributed by atoms with Gasteiger partial charge in [-0.05, 0) is 82.5 Å². The summed E-state index contributed by atoms with van der Waals surface area (Å²) in [6.07, 6.45) is 4.91. The lowest BCUT2D eigenvalue weighted by molar-refractivity contribution is -0.0121. The number of ether oxygens (including phenoxy) is 4. The number of hydrogen-bond acceptors (Lipinski definition) is 7. The number of hydrogen-bond donors (Lipinski definition) is 1. The molecule has 5 aromatic carbocycles. The van der Waals surface area contributed by atoms with Gasteiger partial charge in [0.15, 0.2) is 11.5 Å². The van der Waals surface area contributed by atoms with E-state index in [1.165, 1.54) is 0 Å². The summed E-state index contributed by atoms with van der Waals surface area (Å²) >= 11 is 0. The fraction of sp³-hybridized carbons (Fsp3) is 0.271. The van der Waals surface area contributed by atoms with Crippen molar-refractivity contribution < 1.29 is 24.1 Å². The summed E-state index contributed by atoms with van der Waals surface area (Å²) in [4.78, 5) is 7.00. The van der Waals surface area contributed by atoms with E-state index in [1.807, 2.05) is 91.0 Å². The second kappa shape index (κ2) is 18.1. The highest BCUT2D eigenvalue weighted by Crippen LogP contribution is 2.43. The van der Waals surface area contributed by atoms with Crippen molar-refractivity contribution in [2.45, 2.75) is 58.3 Å². The molecule has 2 heterocycles. The van der Waals surface area contributed by atoms with E-state index in [0.717, 1.165) is 63.9 Å². The molecule has 1 aliphatic heterocycles. The van der Waals surface area contributed by atoms with Crippen LogP contribution in [-0.2, 0) is 26.4 Å². The predicted molar refractivity (Wildman–Crippen MR) is 218 cm³/mol. The number of piperidine rings is 1. The molecule has 2 unspecified atom stereocenters. The standard InChI is InChI=1S/C48H50N2O5/c1-4-38-27-44(47(51)41-23-24-49-43-22-21-40(52-3)28-42(41)43)50(30-39(38)5-2)29-37-25-45(53-31-34-15-9-6-10-16-34)48(55-33-36-19-13-8-14-20-36)46(26-37)54-32-35-17-11-7-12-18-35/h5-26,28,38-39,44,47,51H,2,4,27,29-33H2,1,3H3/t38?,39?,44-,47+/m1/s1. The number of likely N-dealkylation sites (tertiary alicyclic amines) is 1. The van der Waals surface area contributed by atoms with Crippen LogP contribution in [0.1, 0.15) is 53.7 Å². The number of aliphatic hydroxyl groups excluding tert-OH is 1. The average molecular weight is 735 g/mol. The van der Waals surface area contributed by atoms with Crippen LogP contribution in [0.25, 0.3) is 10.9 Å². The monoisotopic (exact) mass is 734 g/mol. The van der Waals surface area contributed by atoms with Gasteiger partial charge in [-0.25, -0.2) is 0 Å². The molecule has 7 rings (SSSR count). The number of benzene rings is 5. The molecule has 0 aliphatic carbocycles. The van der Waals surface area contributed by atoms with Gasteiger partial charge in [-0.2, -0.15) is 0 Å². The molecule has 1 N–H and O–H groups in total. The molecule has 1 aliphatic rings. The summed E-state index contributed by atoms with van der Waals surface area (Å²) in [7, 11) is 1.66. The Kier molecular flexibility index (Phi) is 12.4. The van der Waals surface area contributed by atoms with Crippen molar-refractivity contribution in [2.75, 3.05) is 13.7 Å². The summed E-state index contributed by atoms with van der Waals surface area (Å²) in [6.45, 7) is 8.86. The molecule has 4 atom stereocenters. The Morgan fingerprint density at radius 1 is 0.764 bits per heavy atom. The van der Waals surface area contributed by atoms with E-state index in [0.29, 0.717) is 49.5 Å². The van der Waals surface area contributed by atoms with E-state index in [9.17, 15) is 5.11 Å². The molecule has 6 aromatic rings. The number of pyridine rings is 1. The lowest BCUT2D eigenvalue weighted by Gasteiger charge is -2.45. The third-order valence-corrected chi connectivity index (χ3v) is 10.7. The first kappa shape index (κ1) is 37.7. The van der Waals surface area contributed by atoms with Crippen LogP contribution in [0, 0.1) is 11.8 Å². The molecule has 0 saturated carbocycles. The van der Waals surface area contributed by atoms with Crippen LogP contribution in [0.5, 0.6) is 23.0 Å². The highest BCUT2D eigenvalue weighted by Gasteiger charge is 2.38. The van der Waals surface area contributed by atoms with Crippen molar-refractivity contribution in [2.24, 2.45) is 11.8 Å². The van der Waals surface area contributed by atoms with Crippen molar-refractivity contribution in [3.8, 4) is 23.0 Å². The van der Waals surface area contributed by atoms with Gasteiger partial charge in [0.05, 0.1) is 18.7 Å². The van der Waals surface area contributed by atoms with Gasteiger partial charge in [-0.1, -0.05) is 110 Å². The molecule has 7 heteroatoms. The topological polar surface area (TPSA) is 73.3 Å². The van der Waals surface area contributed by atoms with Crippen molar-refractivity contribution in [3.05, 3.63) is 174 Å². The van der Waals surface area contributed by atoms with Crippen molar-refractivity contribution in [1.29, 1.82) is 0 Å². The van der Waals surface area contributed by atoms with E-state index < -0.39 is 6.10 Å². The van der Waals surface area contributed by atoms with Crippen molar-refractivity contribution in [3.63, 3.8) is 0 Å². The zero-order valence-corrected chi connectivity index (χ0v) is 31.7. The maximum Gasteiger partial charge on any atom is 0.203 e. The molecule has 7 nitrogen and oxygen atoms in total. The van der Waals surface area contributed by atoms with Crippen LogP contribution in [0.4, 0.5) is 0 Å². The molecule has 1 fully saturated rings. The molecular weight excluding hydrogens is 685 g/mol. The second-order valence-corrected chi connectivity index (χ2v) is 14.3. The number of rotatable bonds is 16. The quantitative estimate of drug-likeness (QED) is 0.0993. The van der Waals surface area contributed by atoms with Crippen LogP contribution in [0.2, 0.25) is 0 Å². The smallest absolute Gasteiger partial charge is 0.203 e. The number of aromatic nitrogens is 1. The van der Waals surface area contributed by atoms with Gasteiger partial charge in [-0.3, -0.25) is 9.88 Å². The second-order valence-electron chi connectivity index (χ2n) is 14.3. The van der Waals surface area contributed by atoms with Gasteiger partial charge < -0.3 is 24.1 Å². The molecule has 0 bridgehead atoms. The number of methoxy groups -OCH3 is 1. The minimum Gasteiger partial charge on any atom is -0.497 e. The van der Waals surface area contributed by atoms with E-state index in [2.05, 4.69) is 65.9 Å². The fourth-order valence-corrected chi connectivity index (χ4v) is 7.69. The van der Waals surface area contributed by atoms with Gasteiger partial charge in [0.1, 0.15) is 25.6 Å². The van der Waals surface area contributed by atoms with Crippen molar-refractivity contribution in [1.82, 2.24) is 9.88 Å². The van der Waals surface area contributed by atoms with Crippen LogP contribution >= 0.6 is 0 Å². The van der Waals surface area contributed by atoms with E-state index in [-0.39, 0.29) is 12.0 Å². The molecule has 1 saturated heterocycles. The fourth-order valence-electron chi connectivity index (χ4n) is 7.69. The molecule has 0 amide bonds. The lowest BCUT2D eigenvalue weighted by atomic mass is 9.77. The van der Waals surface area contributed by atoms with Gasteiger partial charge in [0, 0.05) is 30.7 Å². The molecule has 282 valence electrons. The van der Waals surface area contributed by atoms with Crippen LogP contribution < -0.4 is 18.9 Å². The summed E-state index contributed by atoms with van der Waals surface area (Å²) in [5, 5.41) is 13.3. The maximum absolute atomic E-state index is 12.4. The Balaban J connectivity index is 1.27. The minimum atomic E-state index is -0.770. The maximum atomic E-state index is 12.4. The Bertz CT molecular complexity index is 2080. The summed E-state index contributed by atoms with van der Waals surface area (Å²) in [6, 6.07) is 42.1. The van der Waals surface area contributed by atoms with Gasteiger partial charge >= 0.3 is 0 Å². The predicted octanol–water partition coefficient (Wildman–Crippen LogP) is 10.1. The average Bonchev–Trinajstić information content (AvgIpc) is 3.24. The minimum absolute atomic E-state index is 0.172. The third-order valence-electron chi connectivity index (χ3n) is 10.7. The Morgan fingerprint density at radius 2 is 1.35 bits per heavy atom. The van der Waals surface area contributed by atoms with Gasteiger partial charge in [0.2, 0.25) is 5.75 Å². The zero-order valence-electron chi connectivity index (χ0n) is 31.7. The first-order valence-electron chi connectivity index (χ1n) is 19.2. The first-order chi connectivity index (χ1) is 27.0. The van der Waals surface area contributed by atoms with E-state index >= 15 is 0 Å². The SMILES string of the molecule is C=CC1CN(Cc2cc(OCc3ccccc3)c(OCc3ccccc3)c(OCc3ccccc3)c2)[C@@H]([C@@H](O)c2ccnc3ccc(OC)cc23)CC1CC. The van der Waals surface area contributed by atoms with Crippen LogP contribution in [0.3, 0.4) is 0 Å². The van der Waals surface area contributed by atoms with Crippen LogP contribution in [-0.4, -0.2) is 34.7 Å². The molecule has 0 spiro atoms. The molecule has 55 heavy (non-hydrogen) atoms. The van der Waals surface area contributed by atoms with Crippen molar-refractivity contribution >= 4 is 10.9 Å². The summed E-state index contributed by atoms with van der Waals surface area (Å²) in [5.41, 5.74) is 5.80. The Hall–Kier alpha value is -5.63. The third kappa shape index (κ3) is 9.19. The lowest BCUT2D eigenvalue weighted by Crippen LogP contribution is -2.49. The van der Waals surface area contributed by atoms with Gasteiger partial charge in [-0.15, -0.1) is 6.58 Å². The molecule has 0 radical (unpaired) electrons. The molecular formula is C48H50N2O5. The number of aliphatic hydroxyl groups is 1. The molecule has 1 aromatic heterocycles. The zero-order chi connectivity index (χ0) is 38.0.